The predicted molar refractivity (Wildman–Crippen MR) is 160 cm³/mol. The monoisotopic (exact) mass is 638 g/mol. The molecule has 3 N–H and O–H groups in total. The van der Waals surface area contributed by atoms with Crippen LogP contribution in [0.15, 0.2) is 40.6 Å². The number of nitrogens with zero attached hydrogens (tertiary/aromatic N) is 3. The lowest BCUT2D eigenvalue weighted by Crippen LogP contribution is -2.54. The molecule has 1 fully saturated rings. The minimum absolute atomic E-state index is 0.0162. The summed E-state index contributed by atoms with van der Waals surface area (Å²) in [5.74, 6) is -2.38. The Hall–Kier alpha value is -5.54. The van der Waals surface area contributed by atoms with Gasteiger partial charge in [-0.25, -0.2) is 4.79 Å². The van der Waals surface area contributed by atoms with Gasteiger partial charge in [-0.3, -0.25) is 34.2 Å². The summed E-state index contributed by atoms with van der Waals surface area (Å²) in [6.45, 7) is 5.15. The van der Waals surface area contributed by atoms with Gasteiger partial charge in [0.25, 0.3) is 17.7 Å². The fraction of sp³-hybridized carbons (Fsp3) is 0.400. The van der Waals surface area contributed by atoms with Crippen molar-refractivity contribution in [1.82, 2.24) is 20.9 Å². The number of hydrogen-bond donors (Lipinski definition) is 3. The Morgan fingerprint density at radius 2 is 1.54 bits per heavy atom. The van der Waals surface area contributed by atoms with Crippen molar-refractivity contribution in [2.45, 2.75) is 45.3 Å². The third kappa shape index (κ3) is 7.94. The van der Waals surface area contributed by atoms with Crippen LogP contribution in [0.25, 0.3) is 0 Å². The van der Waals surface area contributed by atoms with Crippen molar-refractivity contribution < 1.29 is 47.7 Å². The summed E-state index contributed by atoms with van der Waals surface area (Å²) < 4.78 is 21.6. The van der Waals surface area contributed by atoms with E-state index in [2.05, 4.69) is 26.2 Å². The number of benzene rings is 2. The summed E-state index contributed by atoms with van der Waals surface area (Å²) in [6.07, 6.45) is -0.534. The number of carbonyl (C=O) groups excluding carboxylic acids is 6. The molecule has 244 valence electrons. The molecule has 1 saturated heterocycles. The summed E-state index contributed by atoms with van der Waals surface area (Å²) in [7, 11) is 2.78. The zero-order valence-electron chi connectivity index (χ0n) is 25.9. The van der Waals surface area contributed by atoms with E-state index in [1.54, 1.807) is 20.8 Å². The first-order valence-electron chi connectivity index (χ1n) is 14.2. The van der Waals surface area contributed by atoms with E-state index in [0.717, 1.165) is 4.90 Å². The lowest BCUT2D eigenvalue weighted by Gasteiger charge is -2.27. The number of alkyl carbamates (subject to hydrolysis) is 1. The van der Waals surface area contributed by atoms with Crippen molar-refractivity contribution in [3.05, 3.63) is 41.5 Å². The topological polar surface area (TPSA) is 203 Å². The molecule has 1 unspecified atom stereocenters. The first kappa shape index (κ1) is 33.4. The summed E-state index contributed by atoms with van der Waals surface area (Å²) in [5, 5.41) is 15.7. The normalized spacial score (nSPS) is 16.2. The highest BCUT2D eigenvalue weighted by Crippen LogP contribution is 2.41. The van der Waals surface area contributed by atoms with Crippen molar-refractivity contribution in [3.63, 3.8) is 0 Å². The van der Waals surface area contributed by atoms with Crippen molar-refractivity contribution in [3.8, 4) is 17.2 Å². The van der Waals surface area contributed by atoms with E-state index in [-0.39, 0.29) is 72.3 Å². The quantitative estimate of drug-likeness (QED) is 0.186. The van der Waals surface area contributed by atoms with Gasteiger partial charge in [-0.2, -0.15) is 10.2 Å². The first-order chi connectivity index (χ1) is 21.8. The van der Waals surface area contributed by atoms with Gasteiger partial charge in [-0.05, 0) is 45.4 Å². The van der Waals surface area contributed by atoms with E-state index >= 15 is 0 Å². The zero-order valence-corrected chi connectivity index (χ0v) is 25.9. The highest BCUT2D eigenvalue weighted by atomic mass is 16.6. The Balaban J connectivity index is 1.39. The number of imide groups is 2. The van der Waals surface area contributed by atoms with Crippen LogP contribution in [0.5, 0.6) is 17.2 Å². The zero-order chi connectivity index (χ0) is 33.6. The maximum atomic E-state index is 13.1. The molecule has 16 heteroatoms. The number of rotatable bonds is 11. The van der Waals surface area contributed by atoms with Crippen molar-refractivity contribution in [2.24, 2.45) is 10.2 Å². The minimum atomic E-state index is -1.08. The van der Waals surface area contributed by atoms with E-state index in [0.29, 0.717) is 0 Å². The number of amides is 6. The number of piperidine rings is 1. The van der Waals surface area contributed by atoms with Gasteiger partial charge in [0.2, 0.25) is 17.6 Å². The van der Waals surface area contributed by atoms with Crippen LogP contribution in [0.1, 0.15) is 54.3 Å². The smallest absolute Gasteiger partial charge is 0.407 e. The molecule has 6 amide bonds. The first-order valence-corrected chi connectivity index (χ1v) is 14.2. The maximum Gasteiger partial charge on any atom is 0.407 e. The molecule has 0 saturated carbocycles. The van der Waals surface area contributed by atoms with Gasteiger partial charge in [0.15, 0.2) is 18.1 Å². The van der Waals surface area contributed by atoms with Crippen LogP contribution in [0, 0.1) is 0 Å². The highest BCUT2D eigenvalue weighted by Gasteiger charge is 2.44. The van der Waals surface area contributed by atoms with Crippen LogP contribution in [0.3, 0.4) is 0 Å². The molecule has 2 aliphatic heterocycles. The van der Waals surface area contributed by atoms with Gasteiger partial charge in [0, 0.05) is 31.6 Å². The number of fused-ring (bicyclic) bond motifs is 1. The summed E-state index contributed by atoms with van der Waals surface area (Å²) >= 11 is 0. The number of ether oxygens (including phenoxy) is 4. The molecule has 2 aliphatic rings. The maximum absolute atomic E-state index is 13.1. The molecule has 16 nitrogen and oxygen atoms in total. The van der Waals surface area contributed by atoms with Crippen molar-refractivity contribution >= 4 is 47.0 Å². The molecule has 46 heavy (non-hydrogen) atoms. The van der Waals surface area contributed by atoms with E-state index in [1.165, 1.54) is 44.6 Å². The molecule has 0 spiro atoms. The van der Waals surface area contributed by atoms with Crippen LogP contribution in [-0.2, 0) is 19.1 Å². The van der Waals surface area contributed by atoms with Crippen LogP contribution in [-0.4, -0.2) is 86.1 Å². The van der Waals surface area contributed by atoms with E-state index in [4.69, 9.17) is 18.9 Å². The molecular formula is C30H34N6O10. The van der Waals surface area contributed by atoms with Gasteiger partial charge in [-0.15, -0.1) is 0 Å². The molecule has 0 aliphatic carbocycles. The van der Waals surface area contributed by atoms with Gasteiger partial charge < -0.3 is 29.6 Å². The average Bonchev–Trinajstić information content (AvgIpc) is 3.24. The Bertz CT molecular complexity index is 1570. The fourth-order valence-corrected chi connectivity index (χ4v) is 4.57. The third-order valence-electron chi connectivity index (χ3n) is 6.61. The number of carbonyl (C=O) groups is 6. The fourth-order valence-electron chi connectivity index (χ4n) is 4.57. The van der Waals surface area contributed by atoms with Crippen LogP contribution in [0.2, 0.25) is 0 Å². The Labute approximate surface area is 263 Å². The Morgan fingerprint density at radius 1 is 0.913 bits per heavy atom. The predicted octanol–water partition coefficient (Wildman–Crippen LogP) is 2.54. The largest absolute Gasteiger partial charge is 0.493 e. The van der Waals surface area contributed by atoms with E-state index < -0.39 is 47.3 Å². The summed E-state index contributed by atoms with van der Waals surface area (Å²) in [4.78, 5) is 74.7. The van der Waals surface area contributed by atoms with Gasteiger partial charge in [0.1, 0.15) is 11.6 Å². The van der Waals surface area contributed by atoms with Crippen LogP contribution < -0.4 is 30.2 Å². The summed E-state index contributed by atoms with van der Waals surface area (Å²) in [6, 6.07) is 6.22. The van der Waals surface area contributed by atoms with Gasteiger partial charge in [-0.1, -0.05) is 0 Å². The van der Waals surface area contributed by atoms with Crippen LogP contribution in [0.4, 0.5) is 16.2 Å². The van der Waals surface area contributed by atoms with Crippen LogP contribution >= 0.6 is 0 Å². The third-order valence-corrected chi connectivity index (χ3v) is 6.61. The number of nitrogens with one attached hydrogen (secondary N) is 3. The lowest BCUT2D eigenvalue weighted by atomic mass is 10.0. The lowest BCUT2D eigenvalue weighted by molar-refractivity contribution is -0.136. The number of methoxy groups -OCH3 is 2. The van der Waals surface area contributed by atoms with Crippen molar-refractivity contribution in [1.29, 1.82) is 0 Å². The molecule has 0 radical (unpaired) electrons. The Kier molecular flexibility index (Phi) is 10.2. The number of hydrogen-bond acceptors (Lipinski definition) is 12. The SMILES string of the molecule is COc1cc(N=Nc2ccc3c(c2)C(=O)N(C2CCC(=O)NC2=O)C3=O)cc(OC)c1OCC(=O)NCCNC(=O)OC(C)(C)C. The highest BCUT2D eigenvalue weighted by molar-refractivity contribution is 6.23. The standard InChI is InChI=1S/C30H34N6O10/c1-30(2,3)46-29(42)32-11-10-31-24(38)15-45-25-21(43-4)13-17(14-22(25)44-5)35-34-16-6-7-18-19(12-16)28(41)36(27(18)40)20-8-9-23(37)33-26(20)39/h6-7,12-14,20H,8-11,15H2,1-5H3,(H,31,38)(H,32,42)(H,33,37,39). The molecule has 2 heterocycles. The second-order valence-electron chi connectivity index (χ2n) is 11.1. The van der Waals surface area contributed by atoms with Gasteiger partial charge in [0.05, 0.1) is 36.7 Å². The van der Waals surface area contributed by atoms with E-state index in [1.807, 2.05) is 0 Å². The Morgan fingerprint density at radius 3 is 2.17 bits per heavy atom. The van der Waals surface area contributed by atoms with E-state index in [9.17, 15) is 28.8 Å². The summed E-state index contributed by atoms with van der Waals surface area (Å²) in [5.41, 5.74) is 0.0715. The molecule has 0 bridgehead atoms. The van der Waals surface area contributed by atoms with Gasteiger partial charge >= 0.3 is 6.09 Å². The molecule has 1 atom stereocenters. The van der Waals surface area contributed by atoms with Crippen molar-refractivity contribution in [2.75, 3.05) is 33.9 Å². The second-order valence-corrected chi connectivity index (χ2v) is 11.1. The molecule has 2 aromatic carbocycles. The molecule has 4 rings (SSSR count). The molecule has 2 aromatic rings. The molecule has 0 aromatic heterocycles. The average molecular weight is 639 g/mol. The second kappa shape index (κ2) is 14.0. The number of azo groups is 1. The minimum Gasteiger partial charge on any atom is -0.493 e. The molecular weight excluding hydrogens is 604 g/mol.